The van der Waals surface area contributed by atoms with Crippen molar-refractivity contribution in [1.29, 1.82) is 0 Å². The molecule has 2 radical (unpaired) electrons. The maximum Gasteiger partial charge on any atom is 0.374 e. The molecule has 0 aliphatic carbocycles. The molecule has 0 saturated carbocycles. The summed E-state index contributed by atoms with van der Waals surface area (Å²) < 4.78 is 4.42. The Morgan fingerprint density at radius 3 is 2.38 bits per heavy atom. The second-order valence-electron chi connectivity index (χ2n) is 2.50. The van der Waals surface area contributed by atoms with Crippen LogP contribution in [-0.2, 0) is 4.79 Å². The molecule has 0 fully saturated rings. The van der Waals surface area contributed by atoms with Crippen LogP contribution < -0.4 is 10.4 Å². The van der Waals surface area contributed by atoms with Crippen molar-refractivity contribution in [3.05, 3.63) is 29.8 Å². The predicted octanol–water partition coefficient (Wildman–Crippen LogP) is 0.233. The maximum absolute atomic E-state index is 10.5. The highest BCUT2D eigenvalue weighted by atomic mass is 16.4. The molecule has 13 heavy (non-hydrogen) atoms. The fraction of sp³-hybridized carbons (Fsp3) is 0.125. The summed E-state index contributed by atoms with van der Waals surface area (Å²) in [6.07, 6.45) is 0. The van der Waals surface area contributed by atoms with Crippen LogP contribution >= 0.6 is 0 Å². The third-order valence-electron chi connectivity index (χ3n) is 1.64. The lowest BCUT2D eigenvalue weighted by atomic mass is 10.1. The Kier molecular flexibility index (Phi) is 2.92. The largest absolute Gasteiger partial charge is 0.568 e. The molecule has 0 aromatic heterocycles. The number of carboxylic acids is 1. The van der Waals surface area contributed by atoms with Crippen LogP contribution in [0, 0.1) is 0 Å². The van der Waals surface area contributed by atoms with Crippen molar-refractivity contribution in [2.24, 2.45) is 5.73 Å². The number of hydrogen-bond donors (Lipinski definition) is 2. The van der Waals surface area contributed by atoms with Crippen LogP contribution in [0.3, 0.4) is 0 Å². The molecule has 0 spiro atoms. The van der Waals surface area contributed by atoms with Crippen LogP contribution in [0.1, 0.15) is 11.6 Å². The molecule has 0 heterocycles. The van der Waals surface area contributed by atoms with E-state index < -0.39 is 12.0 Å². The lowest BCUT2D eigenvalue weighted by Crippen LogP contribution is -2.20. The highest BCUT2D eigenvalue weighted by Gasteiger charge is 2.13. The highest BCUT2D eigenvalue weighted by molar-refractivity contribution is 5.99. The Balaban J connectivity index is 2.85. The van der Waals surface area contributed by atoms with Gasteiger partial charge >= 0.3 is 14.0 Å². The average Bonchev–Trinajstić information content (AvgIpc) is 2.17. The first kappa shape index (κ1) is 9.60. The van der Waals surface area contributed by atoms with Gasteiger partial charge in [-0.25, -0.2) is 0 Å². The Morgan fingerprint density at radius 2 is 2.00 bits per heavy atom. The highest BCUT2D eigenvalue weighted by Crippen LogP contribution is 2.15. The van der Waals surface area contributed by atoms with Gasteiger partial charge in [-0.2, -0.15) is 0 Å². The van der Waals surface area contributed by atoms with Gasteiger partial charge in [-0.1, -0.05) is 12.1 Å². The summed E-state index contributed by atoms with van der Waals surface area (Å²) in [4.78, 5) is 10.5. The topological polar surface area (TPSA) is 72.5 Å². The number of nitrogens with two attached hydrogens (primary N) is 1. The summed E-state index contributed by atoms with van der Waals surface area (Å²) >= 11 is 0. The smallest absolute Gasteiger partial charge is 0.374 e. The van der Waals surface area contributed by atoms with E-state index in [0.29, 0.717) is 11.3 Å². The van der Waals surface area contributed by atoms with Crippen LogP contribution in [0.25, 0.3) is 0 Å². The van der Waals surface area contributed by atoms with Crippen molar-refractivity contribution in [3.63, 3.8) is 0 Å². The first-order valence-electron chi connectivity index (χ1n) is 3.60. The Bertz CT molecular complexity index is 299. The molecule has 1 rings (SSSR count). The average molecular weight is 177 g/mol. The molecule has 5 heteroatoms. The normalized spacial score (nSPS) is 12.1. The Morgan fingerprint density at radius 1 is 1.46 bits per heavy atom. The number of carboxylic acid groups (broad SMARTS) is 1. The van der Waals surface area contributed by atoms with Crippen LogP contribution in [0.4, 0.5) is 0 Å². The van der Waals surface area contributed by atoms with E-state index in [1.165, 1.54) is 0 Å². The zero-order valence-electron chi connectivity index (χ0n) is 6.81. The molecule has 66 valence electrons. The van der Waals surface area contributed by atoms with Gasteiger partial charge in [-0.15, -0.1) is 0 Å². The fourth-order valence-corrected chi connectivity index (χ4v) is 0.896. The van der Waals surface area contributed by atoms with Gasteiger partial charge in [0.2, 0.25) is 0 Å². The fourth-order valence-electron chi connectivity index (χ4n) is 0.896. The van der Waals surface area contributed by atoms with Crippen LogP contribution in [0.2, 0.25) is 0 Å². The maximum atomic E-state index is 10.5. The summed E-state index contributed by atoms with van der Waals surface area (Å²) in [6, 6.07) is 5.21. The lowest BCUT2D eigenvalue weighted by molar-refractivity contribution is -0.138. The summed E-state index contributed by atoms with van der Waals surface area (Å²) in [6.45, 7) is 0. The van der Waals surface area contributed by atoms with E-state index in [1.54, 1.807) is 24.3 Å². The molecule has 0 aliphatic rings. The van der Waals surface area contributed by atoms with Gasteiger partial charge in [-0.05, 0) is 17.7 Å². The van der Waals surface area contributed by atoms with Gasteiger partial charge in [-0.3, -0.25) is 4.79 Å². The molecule has 0 amide bonds. The second-order valence-corrected chi connectivity index (χ2v) is 2.50. The molecule has 1 unspecified atom stereocenters. The van der Waals surface area contributed by atoms with E-state index in [4.69, 9.17) is 18.9 Å². The minimum Gasteiger partial charge on any atom is -0.568 e. The molecule has 3 N–H and O–H groups in total. The van der Waals surface area contributed by atoms with E-state index in [9.17, 15) is 4.79 Å². The van der Waals surface area contributed by atoms with Crippen molar-refractivity contribution in [2.75, 3.05) is 0 Å². The van der Waals surface area contributed by atoms with Gasteiger partial charge in [0.05, 0.1) is 5.75 Å². The molecule has 4 nitrogen and oxygen atoms in total. The molecular weight excluding hydrogens is 169 g/mol. The molecule has 1 aromatic carbocycles. The van der Waals surface area contributed by atoms with Crippen molar-refractivity contribution in [3.8, 4) is 5.75 Å². The molecule has 0 aliphatic heterocycles. The van der Waals surface area contributed by atoms with Gasteiger partial charge in [0.25, 0.3) is 0 Å². The molecule has 0 bridgehead atoms. The summed E-state index contributed by atoms with van der Waals surface area (Å²) in [5, 5.41) is 8.58. The Hall–Kier alpha value is -1.49. The summed E-state index contributed by atoms with van der Waals surface area (Å²) in [5.74, 6) is -0.609. The van der Waals surface area contributed by atoms with Gasteiger partial charge < -0.3 is 15.5 Å². The van der Waals surface area contributed by atoms with Gasteiger partial charge in [0.15, 0.2) is 0 Å². The predicted molar refractivity (Wildman–Crippen MR) is 47.4 cm³/mol. The number of aliphatic carboxylic acids is 1. The van der Waals surface area contributed by atoms with E-state index in [1.807, 2.05) is 0 Å². The summed E-state index contributed by atoms with van der Waals surface area (Å²) in [5.41, 5.74) is 5.87. The first-order chi connectivity index (χ1) is 6.15. The second kappa shape index (κ2) is 3.95. The summed E-state index contributed by atoms with van der Waals surface area (Å²) in [7, 11) is 4.89. The zero-order chi connectivity index (χ0) is 9.84. The molecule has 1 atom stereocenters. The number of hydrogen-bond acceptors (Lipinski definition) is 3. The minimum absolute atomic E-state index is 0.460. The van der Waals surface area contributed by atoms with E-state index in [0.717, 1.165) is 0 Å². The van der Waals surface area contributed by atoms with Crippen LogP contribution in [0.5, 0.6) is 5.75 Å². The standard InChI is InChI=1S/C8H8BNO3/c9-13-6-3-1-5(2-4-6)7(10)8(11)12/h1-4,7H,10H2,(H,11,12). The SMILES string of the molecule is [B]Oc1ccc(C(N)C(=O)O)cc1. The quantitative estimate of drug-likeness (QED) is 0.648. The monoisotopic (exact) mass is 177 g/mol. The Labute approximate surface area is 76.8 Å². The molecular formula is C8H8BNO3. The van der Waals surface area contributed by atoms with E-state index in [-0.39, 0.29) is 0 Å². The number of benzene rings is 1. The van der Waals surface area contributed by atoms with Crippen LogP contribution in [-0.4, -0.2) is 19.1 Å². The first-order valence-corrected chi connectivity index (χ1v) is 3.60. The van der Waals surface area contributed by atoms with Gasteiger partial charge in [0.1, 0.15) is 6.04 Å². The zero-order valence-corrected chi connectivity index (χ0v) is 6.81. The van der Waals surface area contributed by atoms with E-state index >= 15 is 0 Å². The van der Waals surface area contributed by atoms with Gasteiger partial charge in [0, 0.05) is 0 Å². The number of rotatable bonds is 3. The molecule has 1 aromatic rings. The number of carbonyl (C=O) groups is 1. The third-order valence-corrected chi connectivity index (χ3v) is 1.64. The third kappa shape index (κ3) is 2.22. The van der Waals surface area contributed by atoms with Crippen molar-refractivity contribution in [1.82, 2.24) is 0 Å². The van der Waals surface area contributed by atoms with E-state index in [2.05, 4.69) is 4.65 Å². The van der Waals surface area contributed by atoms with Crippen LogP contribution in [0.15, 0.2) is 24.3 Å². The lowest BCUT2D eigenvalue weighted by Gasteiger charge is -2.07. The molecule has 0 saturated heterocycles. The van der Waals surface area contributed by atoms with Crippen molar-refractivity contribution in [2.45, 2.75) is 6.04 Å². The minimum atomic E-state index is -1.07. The van der Waals surface area contributed by atoms with Crippen molar-refractivity contribution < 1.29 is 14.6 Å². The van der Waals surface area contributed by atoms with Crippen molar-refractivity contribution >= 4 is 14.0 Å².